The highest BCUT2D eigenvalue weighted by atomic mass is 32.2. The molecule has 32 heavy (non-hydrogen) atoms. The number of furan rings is 1. The Balaban J connectivity index is 1.30. The highest BCUT2D eigenvalue weighted by molar-refractivity contribution is 7.99. The van der Waals surface area contributed by atoms with Gasteiger partial charge in [-0.2, -0.15) is 0 Å². The lowest BCUT2D eigenvalue weighted by molar-refractivity contribution is -0.119. The number of amides is 2. The number of thioether (sulfide) groups is 1. The van der Waals surface area contributed by atoms with Crippen molar-refractivity contribution in [1.82, 2.24) is 25.0 Å². The second-order valence-corrected chi connectivity index (χ2v) is 8.66. The molecular weight excluding hydrogens is 428 g/mol. The first-order valence-electron chi connectivity index (χ1n) is 10.5. The van der Waals surface area contributed by atoms with E-state index in [1.807, 2.05) is 18.2 Å². The minimum Gasteiger partial charge on any atom is -0.461 e. The third-order valence-corrected chi connectivity index (χ3v) is 6.23. The first-order chi connectivity index (χ1) is 15.6. The smallest absolute Gasteiger partial charge is 0.230 e. The fourth-order valence-corrected chi connectivity index (χ4v) is 4.52. The largest absolute Gasteiger partial charge is 0.461 e. The number of hydrogen-bond donors (Lipinski definition) is 2. The molecule has 10 heteroatoms. The minimum atomic E-state index is -0.418. The van der Waals surface area contributed by atoms with Crippen LogP contribution in [0.15, 0.2) is 58.3 Å². The normalized spacial score (nSPS) is 16.3. The first kappa shape index (κ1) is 22.1. The summed E-state index contributed by atoms with van der Waals surface area (Å²) in [5.41, 5.74) is 6.59. The highest BCUT2D eigenvalue weighted by Crippen LogP contribution is 2.25. The standard InChI is InChI=1S/C22H26N6O3S/c23-19(29)9-11-28-21(18-7-4-12-31-18)25-26-22(28)32-15-20(30)24-17-8-10-27(14-17)13-16-5-2-1-3-6-16/h1-7,12,17H,8-11,13-15H2,(H2,23,29)(H,24,30). The van der Waals surface area contributed by atoms with Gasteiger partial charge in [-0.05, 0) is 24.1 Å². The average Bonchev–Trinajstić information content (AvgIpc) is 3.53. The summed E-state index contributed by atoms with van der Waals surface area (Å²) in [6.45, 7) is 3.00. The van der Waals surface area contributed by atoms with E-state index in [1.165, 1.54) is 17.3 Å². The van der Waals surface area contributed by atoms with Gasteiger partial charge in [-0.1, -0.05) is 42.1 Å². The highest BCUT2D eigenvalue weighted by Gasteiger charge is 2.24. The fraction of sp³-hybridized carbons (Fsp3) is 0.364. The van der Waals surface area contributed by atoms with Gasteiger partial charge in [0, 0.05) is 38.6 Å². The molecule has 1 aromatic carbocycles. The van der Waals surface area contributed by atoms with E-state index in [-0.39, 0.29) is 24.1 Å². The molecule has 1 saturated heterocycles. The Labute approximate surface area is 190 Å². The zero-order valence-electron chi connectivity index (χ0n) is 17.6. The molecule has 3 aromatic rings. The van der Waals surface area contributed by atoms with Crippen LogP contribution in [0.2, 0.25) is 0 Å². The predicted octanol–water partition coefficient (Wildman–Crippen LogP) is 1.90. The number of nitrogens with one attached hydrogen (secondary N) is 1. The molecule has 3 heterocycles. The Bertz CT molecular complexity index is 1040. The lowest BCUT2D eigenvalue weighted by Crippen LogP contribution is -2.38. The van der Waals surface area contributed by atoms with Gasteiger partial charge < -0.3 is 15.5 Å². The summed E-state index contributed by atoms with van der Waals surface area (Å²) in [5.74, 6) is 0.793. The number of carbonyl (C=O) groups excluding carboxylic acids is 2. The van der Waals surface area contributed by atoms with Crippen molar-refractivity contribution < 1.29 is 14.0 Å². The predicted molar refractivity (Wildman–Crippen MR) is 121 cm³/mol. The summed E-state index contributed by atoms with van der Waals surface area (Å²) in [6.07, 6.45) is 2.62. The maximum Gasteiger partial charge on any atom is 0.230 e. The summed E-state index contributed by atoms with van der Waals surface area (Å²) in [5, 5.41) is 12.0. The van der Waals surface area contributed by atoms with Gasteiger partial charge in [-0.25, -0.2) is 0 Å². The number of primary amides is 1. The van der Waals surface area contributed by atoms with Crippen LogP contribution in [0.3, 0.4) is 0 Å². The monoisotopic (exact) mass is 454 g/mol. The Hall–Kier alpha value is -3.11. The van der Waals surface area contributed by atoms with Crippen LogP contribution in [-0.4, -0.2) is 56.4 Å². The van der Waals surface area contributed by atoms with Gasteiger partial charge in [-0.15, -0.1) is 10.2 Å². The number of carbonyl (C=O) groups is 2. The van der Waals surface area contributed by atoms with Gasteiger partial charge in [-0.3, -0.25) is 19.1 Å². The molecule has 1 atom stereocenters. The fourth-order valence-electron chi connectivity index (χ4n) is 3.74. The number of hydrogen-bond acceptors (Lipinski definition) is 7. The second kappa shape index (κ2) is 10.5. The van der Waals surface area contributed by atoms with Crippen molar-refractivity contribution in [3.05, 3.63) is 54.3 Å². The van der Waals surface area contributed by atoms with Gasteiger partial charge in [0.2, 0.25) is 11.8 Å². The SMILES string of the molecule is NC(=O)CCn1c(SCC(=O)NC2CCN(Cc3ccccc3)C2)nnc1-c1ccco1. The van der Waals surface area contributed by atoms with E-state index in [1.54, 1.807) is 23.0 Å². The molecular formula is C22H26N6O3S. The van der Waals surface area contributed by atoms with Crippen molar-refractivity contribution in [3.8, 4) is 11.6 Å². The molecule has 1 fully saturated rings. The molecule has 168 valence electrons. The first-order valence-corrected chi connectivity index (χ1v) is 11.5. The van der Waals surface area contributed by atoms with Gasteiger partial charge in [0.15, 0.2) is 16.7 Å². The quantitative estimate of drug-likeness (QED) is 0.449. The topological polar surface area (TPSA) is 119 Å². The average molecular weight is 455 g/mol. The molecule has 1 aliphatic heterocycles. The summed E-state index contributed by atoms with van der Waals surface area (Å²) in [7, 11) is 0. The molecule has 2 aromatic heterocycles. The molecule has 0 aliphatic carbocycles. The van der Waals surface area contributed by atoms with Crippen molar-refractivity contribution in [2.75, 3.05) is 18.8 Å². The van der Waals surface area contributed by atoms with Crippen LogP contribution in [0.1, 0.15) is 18.4 Å². The van der Waals surface area contributed by atoms with Crippen molar-refractivity contribution in [3.63, 3.8) is 0 Å². The summed E-state index contributed by atoms with van der Waals surface area (Å²) >= 11 is 1.28. The molecule has 0 spiro atoms. The number of nitrogens with two attached hydrogens (primary N) is 1. The maximum absolute atomic E-state index is 12.5. The zero-order chi connectivity index (χ0) is 22.3. The Morgan fingerprint density at radius 2 is 2.03 bits per heavy atom. The van der Waals surface area contributed by atoms with Crippen LogP contribution in [0.25, 0.3) is 11.6 Å². The summed E-state index contributed by atoms with van der Waals surface area (Å²) in [6, 6.07) is 14.0. The van der Waals surface area contributed by atoms with E-state index in [4.69, 9.17) is 10.2 Å². The van der Waals surface area contributed by atoms with Crippen molar-refractivity contribution in [1.29, 1.82) is 0 Å². The van der Waals surface area contributed by atoms with E-state index in [9.17, 15) is 9.59 Å². The number of benzene rings is 1. The van der Waals surface area contributed by atoms with Crippen LogP contribution in [0.5, 0.6) is 0 Å². The van der Waals surface area contributed by atoms with Crippen molar-refractivity contribution >= 4 is 23.6 Å². The Kier molecular flexibility index (Phi) is 7.23. The molecule has 1 unspecified atom stereocenters. The number of nitrogens with zero attached hydrogens (tertiary/aromatic N) is 4. The molecule has 1 aliphatic rings. The molecule has 0 bridgehead atoms. The van der Waals surface area contributed by atoms with Crippen LogP contribution in [0.4, 0.5) is 0 Å². The van der Waals surface area contributed by atoms with Crippen molar-refractivity contribution in [2.45, 2.75) is 37.1 Å². The van der Waals surface area contributed by atoms with Gasteiger partial charge in [0.25, 0.3) is 0 Å². The molecule has 3 N–H and O–H groups in total. The Morgan fingerprint density at radius 1 is 1.19 bits per heavy atom. The van der Waals surface area contributed by atoms with Gasteiger partial charge >= 0.3 is 0 Å². The molecule has 4 rings (SSSR count). The molecule has 0 radical (unpaired) electrons. The second-order valence-electron chi connectivity index (χ2n) is 7.71. The maximum atomic E-state index is 12.5. The van der Waals surface area contributed by atoms with E-state index < -0.39 is 5.91 Å². The van der Waals surface area contributed by atoms with Gasteiger partial charge in [0.1, 0.15) is 0 Å². The lowest BCUT2D eigenvalue weighted by atomic mass is 10.2. The molecule has 2 amide bonds. The van der Waals surface area contributed by atoms with Crippen LogP contribution < -0.4 is 11.1 Å². The van der Waals surface area contributed by atoms with E-state index >= 15 is 0 Å². The number of rotatable bonds is 10. The number of likely N-dealkylation sites (tertiary alicyclic amines) is 1. The third-order valence-electron chi connectivity index (χ3n) is 5.26. The van der Waals surface area contributed by atoms with Crippen LogP contribution in [-0.2, 0) is 22.7 Å². The third kappa shape index (κ3) is 5.77. The summed E-state index contributed by atoms with van der Waals surface area (Å²) < 4.78 is 7.18. The van der Waals surface area contributed by atoms with E-state index in [0.717, 1.165) is 26.1 Å². The summed E-state index contributed by atoms with van der Waals surface area (Å²) in [4.78, 5) is 26.2. The zero-order valence-corrected chi connectivity index (χ0v) is 18.5. The van der Waals surface area contributed by atoms with Crippen LogP contribution in [0, 0.1) is 0 Å². The molecule has 9 nitrogen and oxygen atoms in total. The molecule has 0 saturated carbocycles. The van der Waals surface area contributed by atoms with Crippen LogP contribution >= 0.6 is 11.8 Å². The number of aromatic nitrogens is 3. The Morgan fingerprint density at radius 3 is 2.78 bits per heavy atom. The van der Waals surface area contributed by atoms with Crippen molar-refractivity contribution in [2.24, 2.45) is 5.73 Å². The van der Waals surface area contributed by atoms with E-state index in [2.05, 4.69) is 32.5 Å². The minimum absolute atomic E-state index is 0.0504. The van der Waals surface area contributed by atoms with Gasteiger partial charge in [0.05, 0.1) is 12.0 Å². The van der Waals surface area contributed by atoms with E-state index in [0.29, 0.717) is 23.3 Å². The lowest BCUT2D eigenvalue weighted by Gasteiger charge is -2.16.